The van der Waals surface area contributed by atoms with Crippen LogP contribution < -0.4 is 10.2 Å². The number of carbonyl (C=O) groups excluding carboxylic acids is 2. The minimum atomic E-state index is -4.35. The second kappa shape index (κ2) is 9.71. The van der Waals surface area contributed by atoms with E-state index in [0.29, 0.717) is 13.0 Å². The summed E-state index contributed by atoms with van der Waals surface area (Å²) in [4.78, 5) is 28.2. The zero-order valence-electron chi connectivity index (χ0n) is 19.2. The Morgan fingerprint density at radius 2 is 1.78 bits per heavy atom. The third kappa shape index (κ3) is 5.56. The first-order valence-corrected chi connectivity index (χ1v) is 11.5. The molecule has 0 radical (unpaired) electrons. The SMILES string of the molecule is CC(=O)NCCCCCC(=O)N1CCC[C@H]2[C@@H]1CC(C)(C)N2c1ccc(C(F)(F)F)cc1. The van der Waals surface area contributed by atoms with Crippen LogP contribution in [0, 0.1) is 0 Å². The molecule has 0 saturated carbocycles. The van der Waals surface area contributed by atoms with E-state index in [1.165, 1.54) is 6.92 Å². The summed E-state index contributed by atoms with van der Waals surface area (Å²) in [5.74, 6) is 0.117. The van der Waals surface area contributed by atoms with Crippen LogP contribution in [0.5, 0.6) is 0 Å². The molecule has 2 atom stereocenters. The molecule has 0 aromatic heterocycles. The standard InChI is InChI=1S/C24H34F3N3O2/c1-17(31)28-14-6-4-5-9-22(32)29-15-7-8-20-21(29)16-23(2,3)30(20)19-12-10-18(11-13-19)24(25,26)27/h10-13,20-21H,4-9,14-16H2,1-3H3,(H,28,31)/t20-,21-/m0/s1. The average molecular weight is 454 g/mol. The Hall–Kier alpha value is -2.25. The molecule has 0 bridgehead atoms. The van der Waals surface area contributed by atoms with Gasteiger partial charge in [0.15, 0.2) is 0 Å². The van der Waals surface area contributed by atoms with Gasteiger partial charge in [0.2, 0.25) is 11.8 Å². The lowest BCUT2D eigenvalue weighted by molar-refractivity contribution is -0.137. The number of rotatable bonds is 7. The van der Waals surface area contributed by atoms with Crippen molar-refractivity contribution in [2.45, 2.75) is 89.5 Å². The molecule has 2 aliphatic heterocycles. The van der Waals surface area contributed by atoms with E-state index in [4.69, 9.17) is 0 Å². The van der Waals surface area contributed by atoms with Gasteiger partial charge in [-0.1, -0.05) is 6.42 Å². The van der Waals surface area contributed by atoms with Gasteiger partial charge in [0.1, 0.15) is 0 Å². The first kappa shape index (κ1) is 24.4. The van der Waals surface area contributed by atoms with Crippen LogP contribution in [0.1, 0.15) is 71.3 Å². The van der Waals surface area contributed by atoms with Gasteiger partial charge in [-0.25, -0.2) is 0 Å². The molecule has 1 N–H and O–H groups in total. The number of unbranched alkanes of at least 4 members (excludes halogenated alkanes) is 2. The summed E-state index contributed by atoms with van der Waals surface area (Å²) in [7, 11) is 0. The predicted molar refractivity (Wildman–Crippen MR) is 118 cm³/mol. The number of anilines is 1. The van der Waals surface area contributed by atoms with E-state index in [9.17, 15) is 22.8 Å². The highest BCUT2D eigenvalue weighted by atomic mass is 19.4. The lowest BCUT2D eigenvalue weighted by Gasteiger charge is -2.42. The number of hydrogen-bond donors (Lipinski definition) is 1. The molecule has 5 nitrogen and oxygen atoms in total. The molecule has 2 aliphatic rings. The number of benzene rings is 1. The summed E-state index contributed by atoms with van der Waals surface area (Å²) in [5.41, 5.74) is -0.118. The van der Waals surface area contributed by atoms with E-state index >= 15 is 0 Å². The maximum absolute atomic E-state index is 13.0. The number of hydrogen-bond acceptors (Lipinski definition) is 3. The van der Waals surface area contributed by atoms with Gasteiger partial charge in [0, 0.05) is 37.7 Å². The molecule has 1 aromatic carbocycles. The van der Waals surface area contributed by atoms with Crippen LogP contribution in [0.25, 0.3) is 0 Å². The maximum Gasteiger partial charge on any atom is 0.416 e. The second-order valence-electron chi connectivity index (χ2n) is 9.59. The Kier molecular flexibility index (Phi) is 7.40. The van der Waals surface area contributed by atoms with E-state index in [0.717, 1.165) is 62.9 Å². The van der Waals surface area contributed by atoms with Crippen LogP contribution in [0.15, 0.2) is 24.3 Å². The molecule has 2 fully saturated rings. The first-order chi connectivity index (χ1) is 15.0. The van der Waals surface area contributed by atoms with Crippen LogP contribution in [0.3, 0.4) is 0 Å². The van der Waals surface area contributed by atoms with Gasteiger partial charge in [0.05, 0.1) is 17.6 Å². The van der Waals surface area contributed by atoms with Crippen molar-refractivity contribution in [3.8, 4) is 0 Å². The van der Waals surface area contributed by atoms with Crippen LogP contribution in [-0.2, 0) is 15.8 Å². The van der Waals surface area contributed by atoms with Crippen molar-refractivity contribution in [1.29, 1.82) is 0 Å². The van der Waals surface area contributed by atoms with Gasteiger partial charge in [-0.05, 0) is 70.2 Å². The molecule has 8 heteroatoms. The van der Waals surface area contributed by atoms with E-state index in [1.54, 1.807) is 12.1 Å². The highest BCUT2D eigenvalue weighted by Gasteiger charge is 2.50. The van der Waals surface area contributed by atoms with Crippen molar-refractivity contribution < 1.29 is 22.8 Å². The fraction of sp³-hybridized carbons (Fsp3) is 0.667. The Balaban J connectivity index is 1.64. The number of alkyl halides is 3. The maximum atomic E-state index is 13.0. The Morgan fingerprint density at radius 1 is 1.09 bits per heavy atom. The van der Waals surface area contributed by atoms with Gasteiger partial charge in [-0.2, -0.15) is 13.2 Å². The van der Waals surface area contributed by atoms with Gasteiger partial charge in [0.25, 0.3) is 0 Å². The predicted octanol–water partition coefficient (Wildman–Crippen LogP) is 4.75. The van der Waals surface area contributed by atoms with Crippen LogP contribution in [0.2, 0.25) is 0 Å². The van der Waals surface area contributed by atoms with Crippen LogP contribution in [-0.4, -0.2) is 47.4 Å². The molecule has 0 aliphatic carbocycles. The monoisotopic (exact) mass is 453 g/mol. The summed E-state index contributed by atoms with van der Waals surface area (Å²) in [6.45, 7) is 7.08. The van der Waals surface area contributed by atoms with Gasteiger partial charge < -0.3 is 15.1 Å². The number of likely N-dealkylation sites (tertiary alicyclic amines) is 1. The lowest BCUT2D eigenvalue weighted by Crippen LogP contribution is -2.52. The molecule has 1 aromatic rings. The van der Waals surface area contributed by atoms with Gasteiger partial charge in [-0.3, -0.25) is 9.59 Å². The largest absolute Gasteiger partial charge is 0.416 e. The molecule has 2 saturated heterocycles. The van der Waals surface area contributed by atoms with E-state index in [-0.39, 0.29) is 29.4 Å². The number of fused-ring (bicyclic) bond motifs is 1. The lowest BCUT2D eigenvalue weighted by atomic mass is 9.93. The number of nitrogens with zero attached hydrogens (tertiary/aromatic N) is 2. The zero-order valence-corrected chi connectivity index (χ0v) is 19.2. The minimum absolute atomic E-state index is 0.0399. The van der Waals surface area contributed by atoms with Crippen molar-refractivity contribution in [2.75, 3.05) is 18.0 Å². The molecule has 0 unspecified atom stereocenters. The molecule has 3 rings (SSSR count). The highest BCUT2D eigenvalue weighted by molar-refractivity contribution is 5.77. The molecule has 2 amide bonds. The Morgan fingerprint density at radius 3 is 2.41 bits per heavy atom. The first-order valence-electron chi connectivity index (χ1n) is 11.5. The highest BCUT2D eigenvalue weighted by Crippen LogP contribution is 2.44. The number of amides is 2. The molecule has 178 valence electrons. The van der Waals surface area contributed by atoms with E-state index in [2.05, 4.69) is 24.1 Å². The molecule has 2 heterocycles. The molecular weight excluding hydrogens is 419 g/mol. The van der Waals surface area contributed by atoms with Crippen molar-refractivity contribution in [3.05, 3.63) is 29.8 Å². The van der Waals surface area contributed by atoms with E-state index in [1.807, 2.05) is 4.90 Å². The number of halogens is 3. The summed E-state index contributed by atoms with van der Waals surface area (Å²) in [6.07, 6.45) is 1.29. The summed E-state index contributed by atoms with van der Waals surface area (Å²) >= 11 is 0. The average Bonchev–Trinajstić information content (AvgIpc) is 2.99. The summed E-state index contributed by atoms with van der Waals surface area (Å²) < 4.78 is 39.0. The summed E-state index contributed by atoms with van der Waals surface area (Å²) in [5, 5.41) is 2.77. The third-order valence-electron chi connectivity index (χ3n) is 6.67. The Bertz CT molecular complexity index is 808. The smallest absolute Gasteiger partial charge is 0.361 e. The number of carbonyl (C=O) groups is 2. The molecule has 32 heavy (non-hydrogen) atoms. The topological polar surface area (TPSA) is 52.7 Å². The molecular formula is C24H34F3N3O2. The number of nitrogens with one attached hydrogen (secondary N) is 1. The Labute approximate surface area is 188 Å². The fourth-order valence-corrected chi connectivity index (χ4v) is 5.29. The van der Waals surface area contributed by atoms with Crippen LogP contribution >= 0.6 is 0 Å². The van der Waals surface area contributed by atoms with Gasteiger partial charge >= 0.3 is 6.18 Å². The minimum Gasteiger partial charge on any atom is -0.361 e. The van der Waals surface area contributed by atoms with Crippen molar-refractivity contribution >= 4 is 17.5 Å². The number of piperidine rings is 1. The summed E-state index contributed by atoms with van der Waals surface area (Å²) in [6, 6.07) is 5.59. The second-order valence-corrected chi connectivity index (χ2v) is 9.59. The van der Waals surface area contributed by atoms with Gasteiger partial charge in [-0.15, -0.1) is 0 Å². The normalized spacial score (nSPS) is 22.6. The van der Waals surface area contributed by atoms with E-state index < -0.39 is 11.7 Å². The zero-order chi connectivity index (χ0) is 23.5. The quantitative estimate of drug-likeness (QED) is 0.606. The van der Waals surface area contributed by atoms with Crippen LogP contribution in [0.4, 0.5) is 18.9 Å². The molecule has 0 spiro atoms. The fourth-order valence-electron chi connectivity index (χ4n) is 5.29. The van der Waals surface area contributed by atoms with Crippen molar-refractivity contribution in [2.24, 2.45) is 0 Å². The third-order valence-corrected chi connectivity index (χ3v) is 6.67. The van der Waals surface area contributed by atoms with Crippen molar-refractivity contribution in [3.63, 3.8) is 0 Å². The van der Waals surface area contributed by atoms with Crippen molar-refractivity contribution in [1.82, 2.24) is 10.2 Å².